The standard InChI is InChI=1S/C35H38ClN3O5S/c1-4-26(2)37-35(41)32(23-27-13-7-5-8-14-27)38(24-28-19-21-29(36)22-20-28)34(40)25-39(31-17-11-12-18-33(31)44-3)45(42,43)30-15-9-6-10-16-30/h5-22,26,32H,4,23-25H2,1-3H3,(H,37,41)/t26-,32+/m1/s1. The number of sulfonamides is 1. The van der Waals surface area contributed by atoms with Gasteiger partial charge in [-0.2, -0.15) is 0 Å². The zero-order chi connectivity index (χ0) is 32.4. The van der Waals surface area contributed by atoms with Crippen LogP contribution in [-0.4, -0.2) is 50.9 Å². The van der Waals surface area contributed by atoms with Crippen LogP contribution in [-0.2, 0) is 32.6 Å². The Bertz CT molecular complexity index is 1670. The maximum atomic E-state index is 14.5. The number of carbonyl (C=O) groups is 2. The van der Waals surface area contributed by atoms with Gasteiger partial charge in [0, 0.05) is 24.0 Å². The molecule has 1 N–H and O–H groups in total. The minimum atomic E-state index is -4.23. The van der Waals surface area contributed by atoms with Crippen LogP contribution in [0.1, 0.15) is 31.4 Å². The van der Waals surface area contributed by atoms with E-state index in [4.69, 9.17) is 16.3 Å². The largest absolute Gasteiger partial charge is 0.495 e. The van der Waals surface area contributed by atoms with Crippen molar-refractivity contribution in [1.82, 2.24) is 10.2 Å². The van der Waals surface area contributed by atoms with Gasteiger partial charge in [0.2, 0.25) is 11.8 Å². The molecule has 45 heavy (non-hydrogen) atoms. The van der Waals surface area contributed by atoms with Gasteiger partial charge in [0.1, 0.15) is 18.3 Å². The quantitative estimate of drug-likeness (QED) is 0.179. The molecule has 4 aromatic carbocycles. The van der Waals surface area contributed by atoms with Gasteiger partial charge in [-0.3, -0.25) is 13.9 Å². The summed E-state index contributed by atoms with van der Waals surface area (Å²) in [5, 5.41) is 3.56. The molecular weight excluding hydrogens is 610 g/mol. The average molecular weight is 648 g/mol. The van der Waals surface area contributed by atoms with Crippen molar-refractivity contribution in [3.63, 3.8) is 0 Å². The van der Waals surface area contributed by atoms with Crippen molar-refractivity contribution < 1.29 is 22.7 Å². The molecule has 0 aliphatic heterocycles. The molecule has 0 radical (unpaired) electrons. The molecule has 2 atom stereocenters. The zero-order valence-corrected chi connectivity index (χ0v) is 27.2. The number of hydrogen-bond donors (Lipinski definition) is 1. The third-order valence-electron chi connectivity index (χ3n) is 7.50. The van der Waals surface area contributed by atoms with E-state index in [0.29, 0.717) is 11.4 Å². The summed E-state index contributed by atoms with van der Waals surface area (Å²) in [6, 6.07) is 29.9. The second kappa shape index (κ2) is 15.6. The highest BCUT2D eigenvalue weighted by Gasteiger charge is 2.35. The van der Waals surface area contributed by atoms with Crippen molar-refractivity contribution in [2.45, 2.75) is 50.2 Å². The molecule has 0 saturated heterocycles. The Balaban J connectivity index is 1.82. The highest BCUT2D eigenvalue weighted by molar-refractivity contribution is 7.92. The Morgan fingerprint density at radius 3 is 2.07 bits per heavy atom. The van der Waals surface area contributed by atoms with E-state index in [-0.39, 0.29) is 41.2 Å². The molecular formula is C35H38ClN3O5S. The summed E-state index contributed by atoms with van der Waals surface area (Å²) in [6.45, 7) is 3.34. The number of ether oxygens (including phenoxy) is 1. The third-order valence-corrected chi connectivity index (χ3v) is 9.53. The Kier molecular flexibility index (Phi) is 11.6. The van der Waals surface area contributed by atoms with Gasteiger partial charge in [-0.25, -0.2) is 8.42 Å². The van der Waals surface area contributed by atoms with Gasteiger partial charge >= 0.3 is 0 Å². The van der Waals surface area contributed by atoms with Crippen LogP contribution in [0.5, 0.6) is 5.75 Å². The summed E-state index contributed by atoms with van der Waals surface area (Å²) >= 11 is 6.15. The number of halogens is 1. The van der Waals surface area contributed by atoms with E-state index in [1.54, 1.807) is 66.7 Å². The monoisotopic (exact) mass is 647 g/mol. The predicted molar refractivity (Wildman–Crippen MR) is 178 cm³/mol. The number of nitrogens with one attached hydrogen (secondary N) is 1. The lowest BCUT2D eigenvalue weighted by molar-refractivity contribution is -0.140. The van der Waals surface area contributed by atoms with Gasteiger partial charge in [0.25, 0.3) is 10.0 Å². The van der Waals surface area contributed by atoms with Gasteiger partial charge in [0.05, 0.1) is 17.7 Å². The Morgan fingerprint density at radius 1 is 0.844 bits per heavy atom. The fraction of sp³-hybridized carbons (Fsp3) is 0.257. The second-order valence-corrected chi connectivity index (χ2v) is 13.0. The number of hydrogen-bond acceptors (Lipinski definition) is 5. The van der Waals surface area contributed by atoms with Gasteiger partial charge in [-0.1, -0.05) is 91.3 Å². The molecule has 8 nitrogen and oxygen atoms in total. The predicted octanol–water partition coefficient (Wildman–Crippen LogP) is 6.10. The fourth-order valence-electron chi connectivity index (χ4n) is 4.85. The van der Waals surface area contributed by atoms with Crippen LogP contribution in [0, 0.1) is 0 Å². The number of methoxy groups -OCH3 is 1. The summed E-state index contributed by atoms with van der Waals surface area (Å²) < 4.78 is 34.8. The molecule has 0 unspecified atom stereocenters. The van der Waals surface area contributed by atoms with E-state index in [1.165, 1.54) is 24.1 Å². The normalized spacial score (nSPS) is 12.5. The van der Waals surface area contributed by atoms with Crippen LogP contribution in [0.25, 0.3) is 0 Å². The molecule has 0 spiro atoms. The van der Waals surface area contributed by atoms with Gasteiger partial charge < -0.3 is 15.0 Å². The number of nitrogens with zero attached hydrogens (tertiary/aromatic N) is 2. The maximum absolute atomic E-state index is 14.5. The Hall–Kier alpha value is -4.34. The minimum Gasteiger partial charge on any atom is -0.495 e. The van der Waals surface area contributed by atoms with Gasteiger partial charge in [-0.05, 0) is 60.9 Å². The Morgan fingerprint density at radius 2 is 1.44 bits per heavy atom. The summed E-state index contributed by atoms with van der Waals surface area (Å²) in [5.41, 5.74) is 1.79. The molecule has 0 aromatic heterocycles. The summed E-state index contributed by atoms with van der Waals surface area (Å²) in [7, 11) is -2.79. The molecule has 236 valence electrons. The minimum absolute atomic E-state index is 0.0170. The second-order valence-electron chi connectivity index (χ2n) is 10.7. The van der Waals surface area contributed by atoms with Gasteiger partial charge in [-0.15, -0.1) is 0 Å². The maximum Gasteiger partial charge on any atom is 0.264 e. The van der Waals surface area contributed by atoms with E-state index in [9.17, 15) is 18.0 Å². The van der Waals surface area contributed by atoms with Crippen LogP contribution < -0.4 is 14.4 Å². The summed E-state index contributed by atoms with van der Waals surface area (Å²) in [6.07, 6.45) is 0.925. The molecule has 0 aliphatic rings. The molecule has 0 saturated carbocycles. The first-order chi connectivity index (χ1) is 21.6. The lowest BCUT2D eigenvalue weighted by atomic mass is 10.0. The molecule has 10 heteroatoms. The smallest absolute Gasteiger partial charge is 0.264 e. The number of rotatable bonds is 14. The van der Waals surface area contributed by atoms with Crippen molar-refractivity contribution in [2.24, 2.45) is 0 Å². The van der Waals surface area contributed by atoms with E-state index < -0.39 is 28.5 Å². The van der Waals surface area contributed by atoms with E-state index in [0.717, 1.165) is 15.4 Å². The first-order valence-electron chi connectivity index (χ1n) is 14.7. The third kappa shape index (κ3) is 8.65. The van der Waals surface area contributed by atoms with Crippen molar-refractivity contribution >= 4 is 39.1 Å². The number of carbonyl (C=O) groups excluding carboxylic acids is 2. The fourth-order valence-corrected chi connectivity index (χ4v) is 6.42. The number of anilines is 1. The number of para-hydroxylation sites is 2. The van der Waals surface area contributed by atoms with Crippen molar-refractivity contribution in [1.29, 1.82) is 0 Å². The number of amides is 2. The lowest BCUT2D eigenvalue weighted by Crippen LogP contribution is -2.54. The first-order valence-corrected chi connectivity index (χ1v) is 16.5. The topological polar surface area (TPSA) is 96.0 Å². The Labute approximate surface area is 270 Å². The van der Waals surface area contributed by atoms with Crippen molar-refractivity contribution in [2.75, 3.05) is 18.0 Å². The highest BCUT2D eigenvalue weighted by atomic mass is 35.5. The molecule has 2 amide bonds. The van der Waals surface area contributed by atoms with Crippen molar-refractivity contribution in [3.8, 4) is 5.75 Å². The molecule has 0 bridgehead atoms. The van der Waals surface area contributed by atoms with Gasteiger partial charge in [0.15, 0.2) is 0 Å². The van der Waals surface area contributed by atoms with E-state index in [1.807, 2.05) is 44.2 Å². The average Bonchev–Trinajstić information content (AvgIpc) is 3.06. The summed E-state index contributed by atoms with van der Waals surface area (Å²) in [5.74, 6) is -0.606. The molecule has 0 heterocycles. The molecule has 4 aromatic rings. The molecule has 0 aliphatic carbocycles. The van der Waals surface area contributed by atoms with Crippen molar-refractivity contribution in [3.05, 3.63) is 125 Å². The first kappa shape index (κ1) is 33.6. The van der Waals surface area contributed by atoms with Crippen LogP contribution in [0.15, 0.2) is 114 Å². The number of benzene rings is 4. The van der Waals surface area contributed by atoms with Crippen LogP contribution >= 0.6 is 11.6 Å². The van der Waals surface area contributed by atoms with E-state index in [2.05, 4.69) is 5.32 Å². The molecule has 4 rings (SSSR count). The van der Waals surface area contributed by atoms with E-state index >= 15 is 0 Å². The zero-order valence-electron chi connectivity index (χ0n) is 25.6. The highest BCUT2D eigenvalue weighted by Crippen LogP contribution is 2.32. The van der Waals surface area contributed by atoms with Crippen LogP contribution in [0.2, 0.25) is 5.02 Å². The lowest BCUT2D eigenvalue weighted by Gasteiger charge is -2.34. The summed E-state index contributed by atoms with van der Waals surface area (Å²) in [4.78, 5) is 29.9. The SMILES string of the molecule is CC[C@@H](C)NC(=O)[C@H](Cc1ccccc1)N(Cc1ccc(Cl)cc1)C(=O)CN(c1ccccc1OC)S(=O)(=O)c1ccccc1. The van der Waals surface area contributed by atoms with Crippen LogP contribution in [0.4, 0.5) is 5.69 Å². The molecule has 0 fully saturated rings. The van der Waals surface area contributed by atoms with Crippen LogP contribution in [0.3, 0.4) is 0 Å².